The van der Waals surface area contributed by atoms with Crippen LogP contribution in [0.25, 0.3) is 0 Å². The van der Waals surface area contributed by atoms with Crippen LogP contribution in [0, 0.1) is 5.41 Å². The van der Waals surface area contributed by atoms with Crippen molar-refractivity contribution in [3.63, 3.8) is 0 Å². The minimum Gasteiger partial charge on any atom is -0.312 e. The minimum atomic E-state index is 0.594. The Labute approximate surface area is 37.2 Å². The molecule has 3 N–H and O–H groups in total. The molecule has 0 spiro atoms. The van der Waals surface area contributed by atoms with Crippen molar-refractivity contribution >= 4 is 6.21 Å². The Kier molecular flexibility index (Phi) is 4.28. The van der Waals surface area contributed by atoms with E-state index in [4.69, 9.17) is 5.41 Å². The van der Waals surface area contributed by atoms with Crippen LogP contribution in [0.15, 0.2) is 0 Å². The maximum absolute atomic E-state index is 6.48. The first kappa shape index (κ1) is 5.59. The predicted molar refractivity (Wildman–Crippen MR) is 25.8 cm³/mol. The Morgan fingerprint density at radius 3 is 2.67 bits per heavy atom. The highest BCUT2D eigenvalue weighted by Gasteiger charge is 1.65. The van der Waals surface area contributed by atoms with Gasteiger partial charge >= 0.3 is 0 Å². The first-order valence-electron chi connectivity index (χ1n) is 1.80. The third-order valence-electron chi connectivity index (χ3n) is 0.381. The second-order valence-corrected chi connectivity index (χ2v) is 0.835. The molecule has 0 bridgehead atoms. The van der Waals surface area contributed by atoms with E-state index >= 15 is 0 Å². The molecule has 0 aliphatic carbocycles. The highest BCUT2D eigenvalue weighted by molar-refractivity contribution is 5.55. The quantitative estimate of drug-likeness (QED) is 0.243. The van der Waals surface area contributed by atoms with Crippen LogP contribution in [0.3, 0.4) is 0 Å². The summed E-state index contributed by atoms with van der Waals surface area (Å²) in [6.07, 6.45) is 1.29. The molecule has 0 fully saturated rings. The molecule has 0 aliphatic rings. The third kappa shape index (κ3) is 3.59. The number of nitrogens with one attached hydrogen (secondary N) is 3. The summed E-state index contributed by atoms with van der Waals surface area (Å²) in [7, 11) is 1.77. The molecule has 0 aliphatic heterocycles. The molecule has 0 aromatic carbocycles. The van der Waals surface area contributed by atoms with Crippen LogP contribution in [-0.4, -0.2) is 19.8 Å². The fourth-order valence-electron chi connectivity index (χ4n) is 0.153. The van der Waals surface area contributed by atoms with E-state index in [1.807, 2.05) is 0 Å². The van der Waals surface area contributed by atoms with Gasteiger partial charge in [0.25, 0.3) is 0 Å². The van der Waals surface area contributed by atoms with E-state index in [0.29, 0.717) is 6.54 Å². The Hall–Kier alpha value is -0.410. The zero-order valence-corrected chi connectivity index (χ0v) is 3.78. The summed E-state index contributed by atoms with van der Waals surface area (Å²) in [6.45, 7) is 0.594. The lowest BCUT2D eigenvalue weighted by atomic mass is 10.8. The lowest BCUT2D eigenvalue weighted by Gasteiger charge is -1.90. The van der Waals surface area contributed by atoms with Crippen molar-refractivity contribution in [1.82, 2.24) is 10.9 Å². The fourth-order valence-corrected chi connectivity index (χ4v) is 0.153. The molecule has 0 amide bonds. The van der Waals surface area contributed by atoms with Crippen molar-refractivity contribution < 1.29 is 0 Å². The van der Waals surface area contributed by atoms with E-state index in [1.54, 1.807) is 7.05 Å². The summed E-state index contributed by atoms with van der Waals surface area (Å²) in [6, 6.07) is 0. The lowest BCUT2D eigenvalue weighted by molar-refractivity contribution is 0.662. The van der Waals surface area contributed by atoms with Gasteiger partial charge in [-0.1, -0.05) is 0 Å². The highest BCUT2D eigenvalue weighted by Crippen LogP contribution is 1.35. The maximum atomic E-state index is 6.48. The molecular weight excluding hydrogens is 78.1 g/mol. The zero-order valence-electron chi connectivity index (χ0n) is 3.78. The molecule has 0 aromatic rings. The molecule has 0 unspecified atom stereocenters. The van der Waals surface area contributed by atoms with E-state index in [0.717, 1.165) is 0 Å². The van der Waals surface area contributed by atoms with Gasteiger partial charge in [0.15, 0.2) is 0 Å². The van der Waals surface area contributed by atoms with Gasteiger partial charge in [0.1, 0.15) is 0 Å². The monoisotopic (exact) mass is 87.1 g/mol. The first-order chi connectivity index (χ1) is 2.91. The van der Waals surface area contributed by atoms with Crippen molar-refractivity contribution in [2.45, 2.75) is 0 Å². The Morgan fingerprint density at radius 1 is 1.83 bits per heavy atom. The van der Waals surface area contributed by atoms with Gasteiger partial charge < -0.3 is 5.41 Å². The molecular formula is C3H9N3. The molecule has 0 atom stereocenters. The molecule has 0 heterocycles. The number of hydrogen-bond donors (Lipinski definition) is 3. The van der Waals surface area contributed by atoms with Gasteiger partial charge in [-0.3, -0.25) is 10.9 Å². The average Bonchev–Trinajstić information content (AvgIpc) is 1.61. The summed E-state index contributed by atoms with van der Waals surface area (Å²) in [5.41, 5.74) is 5.37. The Morgan fingerprint density at radius 2 is 2.50 bits per heavy atom. The van der Waals surface area contributed by atoms with Gasteiger partial charge in [-0.2, -0.15) is 0 Å². The van der Waals surface area contributed by atoms with E-state index in [2.05, 4.69) is 10.9 Å². The molecule has 3 nitrogen and oxygen atoms in total. The maximum Gasteiger partial charge on any atom is 0.0447 e. The molecule has 6 heavy (non-hydrogen) atoms. The van der Waals surface area contributed by atoms with E-state index in [9.17, 15) is 0 Å². The third-order valence-corrected chi connectivity index (χ3v) is 0.381. The Bertz CT molecular complexity index is 35.0. The van der Waals surface area contributed by atoms with Crippen LogP contribution < -0.4 is 10.9 Å². The van der Waals surface area contributed by atoms with Crippen LogP contribution in [0.1, 0.15) is 0 Å². The molecule has 0 rings (SSSR count). The van der Waals surface area contributed by atoms with Crippen LogP contribution in [0.2, 0.25) is 0 Å². The SMILES string of the molecule is CNNCC=N. The van der Waals surface area contributed by atoms with Gasteiger partial charge in [-0.05, 0) is 7.05 Å². The van der Waals surface area contributed by atoms with Crippen molar-refractivity contribution in [3.05, 3.63) is 0 Å². The lowest BCUT2D eigenvalue weighted by Crippen LogP contribution is -2.28. The smallest absolute Gasteiger partial charge is 0.0447 e. The second kappa shape index (κ2) is 4.59. The minimum absolute atomic E-state index is 0.594. The molecule has 0 saturated carbocycles. The number of hydrogen-bond acceptors (Lipinski definition) is 3. The van der Waals surface area contributed by atoms with Crippen LogP contribution in [0.4, 0.5) is 0 Å². The van der Waals surface area contributed by atoms with Gasteiger partial charge in [-0.15, -0.1) is 0 Å². The molecule has 36 valence electrons. The first-order valence-corrected chi connectivity index (χ1v) is 1.80. The summed E-state index contributed by atoms with van der Waals surface area (Å²) in [5, 5.41) is 6.48. The van der Waals surface area contributed by atoms with Crippen LogP contribution in [-0.2, 0) is 0 Å². The van der Waals surface area contributed by atoms with Crippen molar-refractivity contribution in [1.29, 1.82) is 5.41 Å². The van der Waals surface area contributed by atoms with Crippen molar-refractivity contribution in [2.75, 3.05) is 13.6 Å². The fraction of sp³-hybridized carbons (Fsp3) is 0.667. The molecule has 0 saturated heterocycles. The predicted octanol–water partition coefficient (Wildman–Crippen LogP) is -0.640. The van der Waals surface area contributed by atoms with Gasteiger partial charge in [-0.25, -0.2) is 0 Å². The van der Waals surface area contributed by atoms with Gasteiger partial charge in [0.05, 0.1) is 0 Å². The zero-order chi connectivity index (χ0) is 4.83. The second-order valence-electron chi connectivity index (χ2n) is 0.835. The van der Waals surface area contributed by atoms with Crippen molar-refractivity contribution in [3.8, 4) is 0 Å². The van der Waals surface area contributed by atoms with Crippen molar-refractivity contribution in [2.24, 2.45) is 0 Å². The van der Waals surface area contributed by atoms with E-state index in [-0.39, 0.29) is 0 Å². The molecule has 0 radical (unpaired) electrons. The van der Waals surface area contributed by atoms with E-state index < -0.39 is 0 Å². The van der Waals surface area contributed by atoms with Gasteiger partial charge in [0.2, 0.25) is 0 Å². The van der Waals surface area contributed by atoms with Crippen LogP contribution in [0.5, 0.6) is 0 Å². The number of rotatable bonds is 3. The topological polar surface area (TPSA) is 47.9 Å². The summed E-state index contributed by atoms with van der Waals surface area (Å²) in [5.74, 6) is 0. The summed E-state index contributed by atoms with van der Waals surface area (Å²) < 4.78 is 0. The van der Waals surface area contributed by atoms with Gasteiger partial charge in [0, 0.05) is 12.8 Å². The van der Waals surface area contributed by atoms with E-state index in [1.165, 1.54) is 6.21 Å². The largest absolute Gasteiger partial charge is 0.312 e. The number of hydrazine groups is 1. The molecule has 3 heteroatoms. The standard InChI is InChI=1S/C3H9N3/c1-5-6-3-2-4/h2,4-6H,3H2,1H3. The molecule has 0 aromatic heterocycles. The summed E-state index contributed by atoms with van der Waals surface area (Å²) in [4.78, 5) is 0. The normalized spacial score (nSPS) is 8.17. The summed E-state index contributed by atoms with van der Waals surface area (Å²) >= 11 is 0. The average molecular weight is 87.1 g/mol. The van der Waals surface area contributed by atoms with Crippen LogP contribution >= 0.6 is 0 Å². The highest BCUT2D eigenvalue weighted by atomic mass is 15.3. The Balaban J connectivity index is 2.49.